The summed E-state index contributed by atoms with van der Waals surface area (Å²) in [6.45, 7) is 12.3. The highest BCUT2D eigenvalue weighted by Crippen LogP contribution is 2.49. The Morgan fingerprint density at radius 1 is 1.00 bits per heavy atom. The quantitative estimate of drug-likeness (QED) is 0.372. The Morgan fingerprint density at radius 3 is 2.37 bits per heavy atom. The summed E-state index contributed by atoms with van der Waals surface area (Å²) >= 11 is 0. The summed E-state index contributed by atoms with van der Waals surface area (Å²) < 4.78 is 16.7. The van der Waals surface area contributed by atoms with Gasteiger partial charge in [0, 0.05) is 29.9 Å². The lowest BCUT2D eigenvalue weighted by molar-refractivity contribution is 0.0500. The van der Waals surface area contributed by atoms with E-state index in [1.54, 1.807) is 14.2 Å². The molecule has 2 rings (SSSR count). The Kier molecular flexibility index (Phi) is 9.15. The highest BCUT2D eigenvalue weighted by Gasteiger charge is 2.31. The number of benzene rings is 2. The van der Waals surface area contributed by atoms with Crippen LogP contribution >= 0.6 is 8.58 Å². The predicted octanol–water partition coefficient (Wildman–Crippen LogP) is 5.59. The van der Waals surface area contributed by atoms with E-state index < -0.39 is 0 Å². The molecule has 30 heavy (non-hydrogen) atoms. The second-order valence-corrected chi connectivity index (χ2v) is 10.8. The average Bonchev–Trinajstić information content (AvgIpc) is 2.71. The van der Waals surface area contributed by atoms with Crippen LogP contribution < -0.4 is 20.1 Å². The first-order valence-corrected chi connectivity index (χ1v) is 11.6. The number of nitrogens with one attached hydrogen (secondary N) is 1. The summed E-state index contributed by atoms with van der Waals surface area (Å²) in [4.78, 5) is 0. The molecule has 0 heterocycles. The number of hydrogen-bond donors (Lipinski definition) is 1. The first-order chi connectivity index (χ1) is 14.2. The van der Waals surface area contributed by atoms with Crippen molar-refractivity contribution in [2.75, 3.05) is 21.0 Å². The van der Waals surface area contributed by atoms with E-state index in [9.17, 15) is 0 Å². The molecule has 2 aromatic rings. The normalized spacial score (nSPS) is 14.1. The van der Waals surface area contributed by atoms with Crippen LogP contribution in [-0.2, 0) is 16.4 Å². The maximum absolute atomic E-state index is 5.95. The van der Waals surface area contributed by atoms with Crippen LogP contribution in [0.4, 0.5) is 0 Å². The smallest absolute Gasteiger partial charge is 0.188 e. The molecular weight excluding hydrogens is 393 g/mol. The van der Waals surface area contributed by atoms with Crippen LogP contribution in [-0.4, -0.2) is 26.6 Å². The Labute approximate surface area is 184 Å². The molecule has 0 radical (unpaired) electrons. The van der Waals surface area contributed by atoms with E-state index in [0.29, 0.717) is 8.58 Å². The van der Waals surface area contributed by atoms with Crippen LogP contribution in [0.2, 0.25) is 0 Å². The Hall–Kier alpha value is -1.61. The van der Waals surface area contributed by atoms with Crippen molar-refractivity contribution < 1.29 is 14.2 Å². The lowest BCUT2D eigenvalue weighted by Crippen LogP contribution is -2.36. The Morgan fingerprint density at radius 2 is 1.73 bits per heavy atom. The minimum absolute atomic E-state index is 0.0653. The molecule has 2 atom stereocenters. The molecule has 2 unspecified atom stereocenters. The van der Waals surface area contributed by atoms with Gasteiger partial charge in [0.15, 0.2) is 6.79 Å². The molecule has 0 aliphatic heterocycles. The van der Waals surface area contributed by atoms with Gasteiger partial charge in [-0.1, -0.05) is 53.1 Å². The van der Waals surface area contributed by atoms with E-state index in [2.05, 4.69) is 70.3 Å². The van der Waals surface area contributed by atoms with Gasteiger partial charge in [-0.3, -0.25) is 0 Å². The lowest BCUT2D eigenvalue weighted by Gasteiger charge is -2.33. The van der Waals surface area contributed by atoms with Gasteiger partial charge in [0.05, 0.1) is 7.11 Å². The summed E-state index contributed by atoms with van der Waals surface area (Å²) in [6.07, 6.45) is 2.15. The van der Waals surface area contributed by atoms with Gasteiger partial charge < -0.3 is 19.5 Å². The Balaban J connectivity index is 2.44. The van der Waals surface area contributed by atoms with Crippen LogP contribution in [0.25, 0.3) is 0 Å². The van der Waals surface area contributed by atoms with Crippen molar-refractivity contribution in [3.8, 4) is 11.5 Å². The fourth-order valence-electron chi connectivity index (χ4n) is 3.53. The molecule has 0 bridgehead atoms. The van der Waals surface area contributed by atoms with E-state index in [0.717, 1.165) is 30.9 Å². The zero-order chi connectivity index (χ0) is 22.2. The lowest BCUT2D eigenvalue weighted by atomic mass is 9.94. The molecule has 2 aromatic carbocycles. The van der Waals surface area contributed by atoms with E-state index >= 15 is 0 Å². The van der Waals surface area contributed by atoms with Crippen LogP contribution in [0.1, 0.15) is 58.6 Å². The maximum Gasteiger partial charge on any atom is 0.188 e. The topological polar surface area (TPSA) is 39.7 Å². The van der Waals surface area contributed by atoms with E-state index in [1.165, 1.54) is 16.4 Å². The van der Waals surface area contributed by atoms with Crippen molar-refractivity contribution in [1.82, 2.24) is 5.32 Å². The highest BCUT2D eigenvalue weighted by atomic mass is 31.1. The molecule has 0 amide bonds. The number of rotatable bonds is 11. The summed E-state index contributed by atoms with van der Waals surface area (Å²) in [5.74, 6) is 1.72. The van der Waals surface area contributed by atoms with Gasteiger partial charge >= 0.3 is 0 Å². The van der Waals surface area contributed by atoms with Gasteiger partial charge in [-0.05, 0) is 56.3 Å². The number of methoxy groups -OCH3 is 2. The molecule has 0 aromatic heterocycles. The maximum atomic E-state index is 5.95. The molecule has 0 fully saturated rings. The zero-order valence-corrected chi connectivity index (χ0v) is 20.6. The highest BCUT2D eigenvalue weighted by molar-refractivity contribution is 7.48. The van der Waals surface area contributed by atoms with Crippen LogP contribution in [0.3, 0.4) is 0 Å². The van der Waals surface area contributed by atoms with Gasteiger partial charge in [-0.15, -0.1) is 0 Å². The monoisotopic (exact) mass is 431 g/mol. The molecule has 166 valence electrons. The van der Waals surface area contributed by atoms with Gasteiger partial charge in [-0.25, -0.2) is 0 Å². The third-order valence-corrected chi connectivity index (χ3v) is 6.93. The fourth-order valence-corrected chi connectivity index (χ4v) is 5.35. The second kappa shape index (κ2) is 11.1. The van der Waals surface area contributed by atoms with Crippen molar-refractivity contribution in [1.29, 1.82) is 0 Å². The van der Waals surface area contributed by atoms with Gasteiger partial charge in [-0.2, -0.15) is 0 Å². The molecular formula is C25H38NO3P. The first kappa shape index (κ1) is 24.7. The van der Waals surface area contributed by atoms with Crippen molar-refractivity contribution in [3.63, 3.8) is 0 Å². The standard InChI is InChI=1S/C25H38NO3P/c1-8-15-25(5,21-16-20(28-7)13-14-22(21)29-18-27-6)30-23-12-10-9-11-19(23)17-26-24(2,3)4/h9-14,16,26,30H,8,15,17-18H2,1-7H3. The van der Waals surface area contributed by atoms with Crippen molar-refractivity contribution in [2.45, 2.75) is 64.7 Å². The van der Waals surface area contributed by atoms with Gasteiger partial charge in [0.1, 0.15) is 11.5 Å². The molecule has 0 saturated carbocycles. The minimum atomic E-state index is -0.0653. The molecule has 1 N–H and O–H groups in total. The van der Waals surface area contributed by atoms with E-state index in [1.807, 2.05) is 12.1 Å². The van der Waals surface area contributed by atoms with Crippen molar-refractivity contribution in [3.05, 3.63) is 53.6 Å². The first-order valence-electron chi connectivity index (χ1n) is 10.6. The third kappa shape index (κ3) is 6.97. The summed E-state index contributed by atoms with van der Waals surface area (Å²) in [7, 11) is 3.97. The Bertz CT molecular complexity index is 803. The van der Waals surface area contributed by atoms with E-state index in [-0.39, 0.29) is 17.5 Å². The SMILES string of the molecule is CCCC(C)(Pc1ccccc1CNC(C)(C)C)c1cc(OC)ccc1OCOC. The molecule has 4 nitrogen and oxygen atoms in total. The average molecular weight is 432 g/mol. The number of ether oxygens (including phenoxy) is 3. The molecule has 0 saturated heterocycles. The van der Waals surface area contributed by atoms with Crippen molar-refractivity contribution >= 4 is 13.9 Å². The van der Waals surface area contributed by atoms with E-state index in [4.69, 9.17) is 14.2 Å². The van der Waals surface area contributed by atoms with Gasteiger partial charge in [0.25, 0.3) is 0 Å². The fraction of sp³-hybridized carbons (Fsp3) is 0.520. The molecule has 0 aliphatic rings. The zero-order valence-electron chi connectivity index (χ0n) is 19.6. The second-order valence-electron chi connectivity index (χ2n) is 8.88. The van der Waals surface area contributed by atoms with Crippen LogP contribution in [0.15, 0.2) is 42.5 Å². The van der Waals surface area contributed by atoms with Crippen molar-refractivity contribution in [2.24, 2.45) is 0 Å². The van der Waals surface area contributed by atoms with Gasteiger partial charge in [0.2, 0.25) is 0 Å². The minimum Gasteiger partial charge on any atom is -0.497 e. The summed E-state index contributed by atoms with van der Waals surface area (Å²) in [6, 6.07) is 14.9. The predicted molar refractivity (Wildman–Crippen MR) is 129 cm³/mol. The van der Waals surface area contributed by atoms with Crippen LogP contribution in [0.5, 0.6) is 11.5 Å². The molecule has 5 heteroatoms. The van der Waals surface area contributed by atoms with Crippen LogP contribution in [0, 0.1) is 0 Å². The largest absolute Gasteiger partial charge is 0.497 e. The third-order valence-electron chi connectivity index (χ3n) is 5.10. The summed E-state index contributed by atoms with van der Waals surface area (Å²) in [5, 5.41) is 4.97. The molecule has 0 aliphatic carbocycles. The summed E-state index contributed by atoms with van der Waals surface area (Å²) in [5.41, 5.74) is 2.62. The number of hydrogen-bond acceptors (Lipinski definition) is 4. The molecule has 0 spiro atoms.